The number of imidazole rings is 1. The predicted octanol–water partition coefficient (Wildman–Crippen LogP) is 0.992. The number of piperidine rings is 1. The van der Waals surface area contributed by atoms with Gasteiger partial charge in [0.05, 0.1) is 44.1 Å². The molecule has 0 spiro atoms. The second-order valence-corrected chi connectivity index (χ2v) is 6.34. The average molecular weight is 349 g/mol. The van der Waals surface area contributed by atoms with E-state index in [0.29, 0.717) is 26.4 Å². The van der Waals surface area contributed by atoms with Crippen molar-refractivity contribution in [2.24, 2.45) is 0 Å². The molecule has 3 rings (SSSR count). The lowest BCUT2D eigenvalue weighted by Gasteiger charge is -2.32. The topological polar surface area (TPSA) is 79.7 Å². The van der Waals surface area contributed by atoms with Gasteiger partial charge in [0.2, 0.25) is 0 Å². The van der Waals surface area contributed by atoms with Gasteiger partial charge in [0.1, 0.15) is 0 Å². The minimum absolute atomic E-state index is 0.00846. The van der Waals surface area contributed by atoms with Gasteiger partial charge in [-0.1, -0.05) is 12.1 Å². The summed E-state index contributed by atoms with van der Waals surface area (Å²) < 4.78 is 12.6. The first-order chi connectivity index (χ1) is 12.3. The third kappa shape index (κ3) is 4.70. The van der Waals surface area contributed by atoms with Crippen LogP contribution in [0.4, 0.5) is 0 Å². The normalized spacial score (nSPS) is 16.7. The van der Waals surface area contributed by atoms with Gasteiger partial charge in [-0.25, -0.2) is 4.79 Å². The molecule has 0 saturated carbocycles. The Bertz CT molecular complexity index is 704. The molecule has 1 aliphatic rings. The summed E-state index contributed by atoms with van der Waals surface area (Å²) in [5, 5.41) is 8.61. The first kappa shape index (κ1) is 18.1. The Labute approximate surface area is 147 Å². The maximum absolute atomic E-state index is 12.3. The molecule has 1 aromatic heterocycles. The number of rotatable bonds is 9. The van der Waals surface area contributed by atoms with Crippen molar-refractivity contribution in [1.82, 2.24) is 14.5 Å². The van der Waals surface area contributed by atoms with E-state index in [9.17, 15) is 4.79 Å². The Morgan fingerprint density at radius 1 is 1.08 bits per heavy atom. The lowest BCUT2D eigenvalue weighted by atomic mass is 10.0. The van der Waals surface area contributed by atoms with Crippen LogP contribution in [0.2, 0.25) is 0 Å². The maximum atomic E-state index is 12.3. The van der Waals surface area contributed by atoms with Crippen molar-refractivity contribution < 1.29 is 14.6 Å². The van der Waals surface area contributed by atoms with Gasteiger partial charge in [0.15, 0.2) is 0 Å². The van der Waals surface area contributed by atoms with E-state index >= 15 is 0 Å². The number of nitrogens with zero attached hydrogens (tertiary/aromatic N) is 2. The van der Waals surface area contributed by atoms with Gasteiger partial charge < -0.3 is 24.5 Å². The molecule has 1 aliphatic heterocycles. The summed E-state index contributed by atoms with van der Waals surface area (Å²) in [6, 6.07) is 8.13. The number of aliphatic hydroxyl groups excluding tert-OH is 1. The molecule has 2 aromatic rings. The fourth-order valence-electron chi connectivity index (χ4n) is 3.42. The largest absolute Gasteiger partial charge is 0.394 e. The van der Waals surface area contributed by atoms with E-state index in [1.54, 1.807) is 0 Å². The number of ether oxygens (including phenoxy) is 2. The molecule has 138 valence electrons. The Balaban J connectivity index is 1.43. The molecule has 25 heavy (non-hydrogen) atoms. The highest BCUT2D eigenvalue weighted by atomic mass is 16.5. The quantitative estimate of drug-likeness (QED) is 0.660. The summed E-state index contributed by atoms with van der Waals surface area (Å²) in [6.45, 7) is 5.02. The fourth-order valence-corrected chi connectivity index (χ4v) is 3.42. The molecule has 0 unspecified atom stereocenters. The monoisotopic (exact) mass is 349 g/mol. The van der Waals surface area contributed by atoms with Crippen molar-refractivity contribution in [3.63, 3.8) is 0 Å². The summed E-state index contributed by atoms with van der Waals surface area (Å²) in [5.41, 5.74) is 1.90. The molecular weight excluding hydrogens is 322 g/mol. The zero-order valence-corrected chi connectivity index (χ0v) is 14.5. The third-order valence-corrected chi connectivity index (χ3v) is 4.71. The number of nitrogens with one attached hydrogen (secondary N) is 1. The van der Waals surface area contributed by atoms with Crippen LogP contribution in [0.3, 0.4) is 0 Å². The number of aromatic amines is 1. The minimum Gasteiger partial charge on any atom is -0.394 e. The van der Waals surface area contributed by atoms with E-state index in [2.05, 4.69) is 9.88 Å². The van der Waals surface area contributed by atoms with Crippen LogP contribution in [0.25, 0.3) is 11.0 Å². The Kier molecular flexibility index (Phi) is 6.63. The summed E-state index contributed by atoms with van der Waals surface area (Å²) in [6.07, 6.45) is 1.95. The molecule has 0 bridgehead atoms. The summed E-state index contributed by atoms with van der Waals surface area (Å²) in [7, 11) is 0. The number of H-pyrrole nitrogens is 1. The number of para-hydroxylation sites is 2. The highest BCUT2D eigenvalue weighted by Crippen LogP contribution is 2.24. The highest BCUT2D eigenvalue weighted by Gasteiger charge is 2.23. The van der Waals surface area contributed by atoms with Crippen LogP contribution in [-0.4, -0.2) is 72.2 Å². The van der Waals surface area contributed by atoms with Gasteiger partial charge >= 0.3 is 5.69 Å². The van der Waals surface area contributed by atoms with Crippen LogP contribution >= 0.6 is 0 Å². The van der Waals surface area contributed by atoms with Gasteiger partial charge in [-0.05, 0) is 25.0 Å². The van der Waals surface area contributed by atoms with E-state index in [1.807, 2.05) is 28.8 Å². The molecule has 2 N–H and O–H groups in total. The molecule has 7 nitrogen and oxygen atoms in total. The molecule has 0 aliphatic carbocycles. The smallest absolute Gasteiger partial charge is 0.326 e. The molecule has 1 aromatic carbocycles. The van der Waals surface area contributed by atoms with E-state index < -0.39 is 0 Å². The first-order valence-electron chi connectivity index (χ1n) is 8.97. The number of hydrogen-bond donors (Lipinski definition) is 2. The molecule has 0 radical (unpaired) electrons. The van der Waals surface area contributed by atoms with Gasteiger partial charge in [-0.3, -0.25) is 4.57 Å². The Morgan fingerprint density at radius 2 is 1.80 bits per heavy atom. The minimum atomic E-state index is -0.00846. The van der Waals surface area contributed by atoms with E-state index in [4.69, 9.17) is 14.6 Å². The molecule has 0 amide bonds. The van der Waals surface area contributed by atoms with Crippen molar-refractivity contribution in [3.05, 3.63) is 34.7 Å². The van der Waals surface area contributed by atoms with Crippen LogP contribution in [0.15, 0.2) is 29.1 Å². The van der Waals surface area contributed by atoms with Crippen LogP contribution < -0.4 is 5.69 Å². The van der Waals surface area contributed by atoms with Gasteiger partial charge in [-0.2, -0.15) is 0 Å². The van der Waals surface area contributed by atoms with Crippen LogP contribution in [0, 0.1) is 0 Å². The second-order valence-electron chi connectivity index (χ2n) is 6.34. The van der Waals surface area contributed by atoms with E-state index in [0.717, 1.165) is 43.5 Å². The number of hydrogen-bond acceptors (Lipinski definition) is 5. The number of benzene rings is 1. The third-order valence-electron chi connectivity index (χ3n) is 4.71. The van der Waals surface area contributed by atoms with E-state index in [1.165, 1.54) is 0 Å². The lowest BCUT2D eigenvalue weighted by Crippen LogP contribution is -2.38. The van der Waals surface area contributed by atoms with Crippen LogP contribution in [-0.2, 0) is 9.47 Å². The highest BCUT2D eigenvalue weighted by molar-refractivity contribution is 5.75. The van der Waals surface area contributed by atoms with Gasteiger partial charge in [-0.15, -0.1) is 0 Å². The zero-order chi connectivity index (χ0) is 17.5. The molecule has 7 heteroatoms. The van der Waals surface area contributed by atoms with Gasteiger partial charge in [0.25, 0.3) is 0 Å². The zero-order valence-electron chi connectivity index (χ0n) is 14.5. The maximum Gasteiger partial charge on any atom is 0.326 e. The Hall–Kier alpha value is -1.67. The predicted molar refractivity (Wildman–Crippen MR) is 96.0 cm³/mol. The fraction of sp³-hybridized carbons (Fsp3) is 0.611. The number of aromatic nitrogens is 2. The molecule has 2 heterocycles. The number of fused-ring (bicyclic) bond motifs is 1. The number of aliphatic hydroxyl groups is 1. The lowest BCUT2D eigenvalue weighted by molar-refractivity contribution is 0.0239. The summed E-state index contributed by atoms with van der Waals surface area (Å²) >= 11 is 0. The van der Waals surface area contributed by atoms with Crippen molar-refractivity contribution in [1.29, 1.82) is 0 Å². The number of likely N-dealkylation sites (tertiary alicyclic amines) is 1. The standard InChI is InChI=1S/C18H27N3O4/c22-10-12-25-14-13-24-11-9-20-7-5-15(6-8-20)21-17-4-2-1-3-16(17)19-18(21)23/h1-4,15,22H,5-14H2,(H,19,23). The molecule has 0 atom stereocenters. The Morgan fingerprint density at radius 3 is 2.56 bits per heavy atom. The first-order valence-corrected chi connectivity index (χ1v) is 8.97. The summed E-state index contributed by atoms with van der Waals surface area (Å²) in [5.74, 6) is 0. The summed E-state index contributed by atoms with van der Waals surface area (Å²) in [4.78, 5) is 17.6. The van der Waals surface area contributed by atoms with Crippen molar-refractivity contribution in [2.75, 3.05) is 52.7 Å². The van der Waals surface area contributed by atoms with Crippen molar-refractivity contribution in [3.8, 4) is 0 Å². The molecule has 1 fully saturated rings. The van der Waals surface area contributed by atoms with Crippen LogP contribution in [0.1, 0.15) is 18.9 Å². The van der Waals surface area contributed by atoms with E-state index in [-0.39, 0.29) is 18.3 Å². The molecule has 1 saturated heterocycles. The SMILES string of the molecule is O=c1[nH]c2ccccc2n1C1CCN(CCOCCOCCO)CC1. The van der Waals surface area contributed by atoms with Gasteiger partial charge in [0, 0.05) is 25.7 Å². The van der Waals surface area contributed by atoms with Crippen molar-refractivity contribution >= 4 is 11.0 Å². The molecular formula is C18H27N3O4. The van der Waals surface area contributed by atoms with Crippen LogP contribution in [0.5, 0.6) is 0 Å². The van der Waals surface area contributed by atoms with Crippen molar-refractivity contribution in [2.45, 2.75) is 18.9 Å². The average Bonchev–Trinajstić information content (AvgIpc) is 2.97. The second kappa shape index (κ2) is 9.15.